The molecule has 0 aromatic heterocycles. The van der Waals surface area contributed by atoms with E-state index in [0.29, 0.717) is 11.6 Å². The molecule has 1 aromatic carbocycles. The lowest BCUT2D eigenvalue weighted by Gasteiger charge is -2.24. The fraction of sp³-hybridized carbons (Fsp3) is 0.455. The number of nitrogen functional groups attached to an aromatic ring is 1. The molecular formula is C11H15FN2. The van der Waals surface area contributed by atoms with Gasteiger partial charge in [0.1, 0.15) is 5.82 Å². The van der Waals surface area contributed by atoms with E-state index in [1.165, 1.54) is 6.07 Å². The lowest BCUT2D eigenvalue weighted by molar-refractivity contribution is 0.460. The van der Waals surface area contributed by atoms with E-state index in [0.717, 1.165) is 31.5 Å². The van der Waals surface area contributed by atoms with Crippen molar-refractivity contribution in [2.45, 2.75) is 18.8 Å². The smallest absolute Gasteiger partial charge is 0.146 e. The second kappa shape index (κ2) is 3.96. The Bertz CT molecular complexity index is 319. The van der Waals surface area contributed by atoms with Crippen LogP contribution in [0.15, 0.2) is 18.2 Å². The Labute approximate surface area is 83.3 Å². The van der Waals surface area contributed by atoms with E-state index in [4.69, 9.17) is 5.73 Å². The summed E-state index contributed by atoms with van der Waals surface area (Å²) in [6.07, 6.45) is 2.10. The summed E-state index contributed by atoms with van der Waals surface area (Å²) < 4.78 is 13.2. The Morgan fingerprint density at radius 3 is 2.71 bits per heavy atom. The Morgan fingerprint density at radius 2 is 2.00 bits per heavy atom. The predicted octanol–water partition coefficient (Wildman–Crippen LogP) is 1.87. The monoisotopic (exact) mass is 194 g/mol. The molecule has 2 rings (SSSR count). The van der Waals surface area contributed by atoms with Crippen LogP contribution in [-0.2, 0) is 0 Å². The Morgan fingerprint density at radius 1 is 1.29 bits per heavy atom. The Kier molecular flexibility index (Phi) is 2.68. The van der Waals surface area contributed by atoms with Gasteiger partial charge in [0.05, 0.1) is 5.69 Å². The van der Waals surface area contributed by atoms with Gasteiger partial charge in [0, 0.05) is 0 Å². The van der Waals surface area contributed by atoms with Gasteiger partial charge in [-0.1, -0.05) is 12.1 Å². The summed E-state index contributed by atoms with van der Waals surface area (Å²) in [6, 6.07) is 5.09. The molecule has 0 atom stereocenters. The molecule has 1 aliphatic heterocycles. The quantitative estimate of drug-likeness (QED) is 0.670. The first kappa shape index (κ1) is 9.46. The molecule has 76 valence electrons. The van der Waals surface area contributed by atoms with E-state index < -0.39 is 0 Å². The number of rotatable bonds is 1. The van der Waals surface area contributed by atoms with Gasteiger partial charge in [-0.25, -0.2) is 4.39 Å². The third-order valence-electron chi connectivity index (χ3n) is 2.87. The van der Waals surface area contributed by atoms with Crippen molar-refractivity contribution < 1.29 is 4.39 Å². The van der Waals surface area contributed by atoms with Crippen molar-refractivity contribution in [2.24, 2.45) is 0 Å². The zero-order valence-electron chi connectivity index (χ0n) is 8.09. The minimum Gasteiger partial charge on any atom is -0.396 e. The number of anilines is 1. The molecule has 0 unspecified atom stereocenters. The molecule has 1 aromatic rings. The molecule has 0 saturated carbocycles. The van der Waals surface area contributed by atoms with Crippen molar-refractivity contribution in [1.82, 2.24) is 5.32 Å². The van der Waals surface area contributed by atoms with Crippen LogP contribution < -0.4 is 11.1 Å². The molecule has 1 aliphatic rings. The van der Waals surface area contributed by atoms with Gasteiger partial charge in [-0.15, -0.1) is 0 Å². The number of piperidine rings is 1. The van der Waals surface area contributed by atoms with Gasteiger partial charge >= 0.3 is 0 Å². The van der Waals surface area contributed by atoms with Gasteiger partial charge in [0.2, 0.25) is 0 Å². The SMILES string of the molecule is Nc1c(F)cccc1C1CCNCC1. The standard InChI is InChI=1S/C11H15FN2/c12-10-3-1-2-9(11(10)13)8-4-6-14-7-5-8/h1-3,8,14H,4-7,13H2. The number of hydrogen-bond acceptors (Lipinski definition) is 2. The average molecular weight is 194 g/mol. The van der Waals surface area contributed by atoms with Crippen LogP contribution in [-0.4, -0.2) is 13.1 Å². The average Bonchev–Trinajstić information content (AvgIpc) is 2.23. The molecule has 1 heterocycles. The zero-order chi connectivity index (χ0) is 9.97. The second-order valence-corrected chi connectivity index (χ2v) is 3.77. The highest BCUT2D eigenvalue weighted by Crippen LogP contribution is 2.30. The van der Waals surface area contributed by atoms with Gasteiger partial charge < -0.3 is 11.1 Å². The highest BCUT2D eigenvalue weighted by molar-refractivity contribution is 5.49. The van der Waals surface area contributed by atoms with Crippen molar-refractivity contribution in [1.29, 1.82) is 0 Å². The van der Waals surface area contributed by atoms with Crippen molar-refractivity contribution in [3.63, 3.8) is 0 Å². The summed E-state index contributed by atoms with van der Waals surface area (Å²) in [5.74, 6) is 0.132. The number of benzene rings is 1. The number of para-hydroxylation sites is 1. The summed E-state index contributed by atoms with van der Waals surface area (Å²) in [4.78, 5) is 0. The van der Waals surface area contributed by atoms with Crippen molar-refractivity contribution in [3.05, 3.63) is 29.6 Å². The van der Waals surface area contributed by atoms with Crippen molar-refractivity contribution in [3.8, 4) is 0 Å². The first-order valence-corrected chi connectivity index (χ1v) is 5.03. The Balaban J connectivity index is 2.26. The van der Waals surface area contributed by atoms with Gasteiger partial charge in [-0.3, -0.25) is 0 Å². The number of halogens is 1. The molecule has 2 nitrogen and oxygen atoms in total. The molecule has 0 aliphatic carbocycles. The topological polar surface area (TPSA) is 38.0 Å². The second-order valence-electron chi connectivity index (χ2n) is 3.77. The maximum atomic E-state index is 13.2. The normalized spacial score (nSPS) is 18.4. The van der Waals surface area contributed by atoms with Gasteiger partial charge in [-0.2, -0.15) is 0 Å². The number of nitrogens with two attached hydrogens (primary N) is 1. The molecule has 3 N–H and O–H groups in total. The van der Waals surface area contributed by atoms with Gasteiger partial charge in [0.25, 0.3) is 0 Å². The molecular weight excluding hydrogens is 179 g/mol. The maximum absolute atomic E-state index is 13.2. The van der Waals surface area contributed by atoms with Gasteiger partial charge in [0.15, 0.2) is 0 Å². The van der Waals surface area contributed by atoms with Crippen LogP contribution in [0.2, 0.25) is 0 Å². The van der Waals surface area contributed by atoms with E-state index in [1.807, 2.05) is 6.07 Å². The van der Waals surface area contributed by atoms with E-state index in [-0.39, 0.29) is 5.82 Å². The molecule has 0 bridgehead atoms. The van der Waals surface area contributed by atoms with Crippen LogP contribution in [0.25, 0.3) is 0 Å². The summed E-state index contributed by atoms with van der Waals surface area (Å²) >= 11 is 0. The van der Waals surface area contributed by atoms with Crippen LogP contribution in [0.5, 0.6) is 0 Å². The van der Waals surface area contributed by atoms with Crippen molar-refractivity contribution >= 4 is 5.69 Å². The molecule has 0 radical (unpaired) electrons. The molecule has 1 saturated heterocycles. The minimum atomic E-state index is -0.291. The third-order valence-corrected chi connectivity index (χ3v) is 2.87. The molecule has 14 heavy (non-hydrogen) atoms. The van der Waals surface area contributed by atoms with Crippen LogP contribution in [0.4, 0.5) is 10.1 Å². The van der Waals surface area contributed by atoms with E-state index >= 15 is 0 Å². The lowest BCUT2D eigenvalue weighted by atomic mass is 9.89. The molecule has 1 fully saturated rings. The van der Waals surface area contributed by atoms with Crippen LogP contribution >= 0.6 is 0 Å². The summed E-state index contributed by atoms with van der Waals surface area (Å²) in [6.45, 7) is 2.00. The van der Waals surface area contributed by atoms with Crippen molar-refractivity contribution in [2.75, 3.05) is 18.8 Å². The molecule has 0 amide bonds. The fourth-order valence-corrected chi connectivity index (χ4v) is 2.04. The number of nitrogens with one attached hydrogen (secondary N) is 1. The minimum absolute atomic E-state index is 0.291. The van der Waals surface area contributed by atoms with E-state index in [2.05, 4.69) is 5.32 Å². The summed E-state index contributed by atoms with van der Waals surface area (Å²) in [7, 11) is 0. The highest BCUT2D eigenvalue weighted by atomic mass is 19.1. The lowest BCUT2D eigenvalue weighted by Crippen LogP contribution is -2.27. The largest absolute Gasteiger partial charge is 0.396 e. The maximum Gasteiger partial charge on any atom is 0.146 e. The predicted molar refractivity (Wildman–Crippen MR) is 55.7 cm³/mol. The fourth-order valence-electron chi connectivity index (χ4n) is 2.04. The highest BCUT2D eigenvalue weighted by Gasteiger charge is 2.18. The van der Waals surface area contributed by atoms with E-state index in [9.17, 15) is 4.39 Å². The van der Waals surface area contributed by atoms with Crippen LogP contribution in [0.1, 0.15) is 24.3 Å². The number of hydrogen-bond donors (Lipinski definition) is 2. The molecule has 3 heteroatoms. The van der Waals surface area contributed by atoms with Crippen LogP contribution in [0, 0.1) is 5.82 Å². The third kappa shape index (κ3) is 1.73. The summed E-state index contributed by atoms with van der Waals surface area (Å²) in [5, 5.41) is 3.28. The zero-order valence-corrected chi connectivity index (χ0v) is 8.09. The van der Waals surface area contributed by atoms with Gasteiger partial charge in [-0.05, 0) is 43.5 Å². The summed E-state index contributed by atoms with van der Waals surface area (Å²) in [5.41, 5.74) is 7.03. The van der Waals surface area contributed by atoms with E-state index in [1.54, 1.807) is 6.07 Å². The first-order chi connectivity index (χ1) is 6.79. The first-order valence-electron chi connectivity index (χ1n) is 5.03. The van der Waals surface area contributed by atoms with Crippen LogP contribution in [0.3, 0.4) is 0 Å². The Hall–Kier alpha value is -1.09. The molecule has 0 spiro atoms.